The third-order valence-electron chi connectivity index (χ3n) is 3.05. The Hall–Kier alpha value is -1.06. The summed E-state index contributed by atoms with van der Waals surface area (Å²) < 4.78 is 5.28. The molecule has 1 saturated carbocycles. The van der Waals surface area contributed by atoms with Crippen LogP contribution in [0.25, 0.3) is 0 Å². The number of carbonyl (C=O) groups excluding carboxylic acids is 2. The molecule has 0 unspecified atom stereocenters. The second kappa shape index (κ2) is 5.72. The Morgan fingerprint density at radius 1 is 1.33 bits per heavy atom. The van der Waals surface area contributed by atoms with Gasteiger partial charge in [-0.3, -0.25) is 9.59 Å². The normalized spacial score (nSPS) is 17.2. The lowest BCUT2D eigenvalue weighted by Crippen LogP contribution is -2.44. The molecular formula is C14H25NO3. The molecule has 0 aromatic heterocycles. The summed E-state index contributed by atoms with van der Waals surface area (Å²) in [5.74, 6) is -0.0755. The summed E-state index contributed by atoms with van der Waals surface area (Å²) in [5, 5.41) is 0. The van der Waals surface area contributed by atoms with E-state index in [9.17, 15) is 9.59 Å². The van der Waals surface area contributed by atoms with Crippen LogP contribution in [0.15, 0.2) is 0 Å². The van der Waals surface area contributed by atoms with Gasteiger partial charge in [0.05, 0.1) is 0 Å². The molecule has 18 heavy (non-hydrogen) atoms. The zero-order valence-corrected chi connectivity index (χ0v) is 12.2. The maximum Gasteiger partial charge on any atom is 0.326 e. The van der Waals surface area contributed by atoms with E-state index in [1.807, 2.05) is 34.6 Å². The number of ether oxygens (including phenoxy) is 1. The van der Waals surface area contributed by atoms with Gasteiger partial charge in [-0.05, 0) is 47.0 Å². The Bertz CT molecular complexity index is 315. The summed E-state index contributed by atoms with van der Waals surface area (Å²) in [7, 11) is 0. The van der Waals surface area contributed by atoms with Crippen molar-refractivity contribution in [3.63, 3.8) is 0 Å². The lowest BCUT2D eigenvalue weighted by Gasteiger charge is -2.29. The Balaban J connectivity index is 2.60. The summed E-state index contributed by atoms with van der Waals surface area (Å²) in [6.45, 7) is 9.57. The second-order valence-corrected chi connectivity index (χ2v) is 6.08. The highest BCUT2D eigenvalue weighted by Crippen LogP contribution is 2.31. The third-order valence-corrected chi connectivity index (χ3v) is 3.05. The van der Waals surface area contributed by atoms with Crippen molar-refractivity contribution in [1.29, 1.82) is 0 Å². The van der Waals surface area contributed by atoms with Gasteiger partial charge in [0.15, 0.2) is 0 Å². The zero-order chi connectivity index (χ0) is 13.9. The predicted molar refractivity (Wildman–Crippen MR) is 70.0 cm³/mol. The van der Waals surface area contributed by atoms with Crippen molar-refractivity contribution in [2.24, 2.45) is 5.92 Å². The van der Waals surface area contributed by atoms with Crippen LogP contribution >= 0.6 is 0 Å². The van der Waals surface area contributed by atoms with E-state index < -0.39 is 5.60 Å². The maximum atomic E-state index is 12.1. The van der Waals surface area contributed by atoms with Gasteiger partial charge >= 0.3 is 5.97 Å². The summed E-state index contributed by atoms with van der Waals surface area (Å²) >= 11 is 0. The zero-order valence-electron chi connectivity index (χ0n) is 12.2. The molecule has 0 aromatic carbocycles. The minimum Gasteiger partial charge on any atom is -0.459 e. The van der Waals surface area contributed by atoms with Gasteiger partial charge in [-0.15, -0.1) is 0 Å². The van der Waals surface area contributed by atoms with Crippen molar-refractivity contribution in [2.45, 2.75) is 65.5 Å². The van der Waals surface area contributed by atoms with Gasteiger partial charge in [0.1, 0.15) is 12.1 Å². The first-order valence-electron chi connectivity index (χ1n) is 6.77. The fourth-order valence-electron chi connectivity index (χ4n) is 1.75. The first-order chi connectivity index (χ1) is 8.24. The van der Waals surface area contributed by atoms with Gasteiger partial charge in [-0.1, -0.05) is 6.92 Å². The van der Waals surface area contributed by atoms with Crippen LogP contribution in [-0.2, 0) is 14.3 Å². The molecule has 1 aliphatic carbocycles. The molecule has 0 radical (unpaired) electrons. The second-order valence-electron chi connectivity index (χ2n) is 6.08. The van der Waals surface area contributed by atoms with Crippen molar-refractivity contribution in [1.82, 2.24) is 4.90 Å². The van der Waals surface area contributed by atoms with Crippen molar-refractivity contribution in [3.8, 4) is 0 Å². The lowest BCUT2D eigenvalue weighted by molar-refractivity contribution is -0.160. The third kappa shape index (κ3) is 4.67. The van der Waals surface area contributed by atoms with Crippen LogP contribution < -0.4 is 0 Å². The molecule has 4 heteroatoms. The molecule has 0 bridgehead atoms. The van der Waals surface area contributed by atoms with E-state index in [4.69, 9.17) is 4.74 Å². The van der Waals surface area contributed by atoms with Gasteiger partial charge in [-0.25, -0.2) is 0 Å². The molecule has 4 nitrogen and oxygen atoms in total. The standard InChI is InChI=1S/C14H25NO3/c1-6-10(2)15(13(17)11-7-8-11)9-12(16)18-14(3,4)5/h10-11H,6-9H2,1-5H3/t10-/m0/s1. The van der Waals surface area contributed by atoms with Crippen molar-refractivity contribution in [2.75, 3.05) is 6.54 Å². The largest absolute Gasteiger partial charge is 0.459 e. The minimum atomic E-state index is -0.499. The van der Waals surface area contributed by atoms with Crippen LogP contribution in [0.5, 0.6) is 0 Å². The fourth-order valence-corrected chi connectivity index (χ4v) is 1.75. The summed E-state index contributed by atoms with van der Waals surface area (Å²) in [6, 6.07) is 0.0885. The van der Waals surface area contributed by atoms with Gasteiger partial charge in [0, 0.05) is 12.0 Å². The summed E-state index contributed by atoms with van der Waals surface area (Å²) in [5.41, 5.74) is -0.499. The molecule has 1 amide bonds. The Morgan fingerprint density at radius 3 is 2.28 bits per heavy atom. The van der Waals surface area contributed by atoms with Gasteiger partial charge in [-0.2, -0.15) is 0 Å². The molecule has 1 atom stereocenters. The first-order valence-corrected chi connectivity index (χ1v) is 6.77. The highest BCUT2D eigenvalue weighted by atomic mass is 16.6. The quantitative estimate of drug-likeness (QED) is 0.708. The van der Waals surface area contributed by atoms with Gasteiger partial charge in [0.25, 0.3) is 0 Å². The molecule has 0 saturated heterocycles. The first kappa shape index (κ1) is 15.0. The van der Waals surface area contributed by atoms with E-state index in [1.165, 1.54) is 0 Å². The van der Waals surface area contributed by atoms with Gasteiger partial charge in [0.2, 0.25) is 5.91 Å². The molecule has 0 aromatic rings. The number of esters is 1. The molecule has 0 heterocycles. The average molecular weight is 255 g/mol. The monoisotopic (exact) mass is 255 g/mol. The Morgan fingerprint density at radius 2 is 1.89 bits per heavy atom. The number of nitrogens with zero attached hydrogens (tertiary/aromatic N) is 1. The summed E-state index contributed by atoms with van der Waals surface area (Å²) in [4.78, 5) is 25.6. The average Bonchev–Trinajstić information content (AvgIpc) is 3.05. The SMILES string of the molecule is CC[C@H](C)N(CC(=O)OC(C)(C)C)C(=O)C1CC1. The molecular weight excluding hydrogens is 230 g/mol. The van der Waals surface area contributed by atoms with Crippen molar-refractivity contribution >= 4 is 11.9 Å². The highest BCUT2D eigenvalue weighted by Gasteiger charge is 2.36. The molecule has 1 rings (SSSR count). The van der Waals surface area contributed by atoms with Crippen LogP contribution in [0.2, 0.25) is 0 Å². The molecule has 1 fully saturated rings. The number of hydrogen-bond acceptors (Lipinski definition) is 3. The topological polar surface area (TPSA) is 46.6 Å². The minimum absolute atomic E-state index is 0.0710. The molecule has 0 spiro atoms. The molecule has 104 valence electrons. The van der Waals surface area contributed by atoms with E-state index in [1.54, 1.807) is 4.90 Å². The van der Waals surface area contributed by atoms with Crippen LogP contribution in [0, 0.1) is 5.92 Å². The van der Waals surface area contributed by atoms with Crippen LogP contribution in [-0.4, -0.2) is 35.0 Å². The number of amides is 1. The highest BCUT2D eigenvalue weighted by molar-refractivity contribution is 5.85. The maximum absolute atomic E-state index is 12.1. The Kier molecular flexibility index (Phi) is 4.77. The van der Waals surface area contributed by atoms with E-state index in [2.05, 4.69) is 0 Å². The number of hydrogen-bond donors (Lipinski definition) is 0. The predicted octanol–water partition coefficient (Wildman–Crippen LogP) is 2.37. The smallest absolute Gasteiger partial charge is 0.326 e. The fraction of sp³-hybridized carbons (Fsp3) is 0.857. The van der Waals surface area contributed by atoms with E-state index in [-0.39, 0.29) is 30.4 Å². The summed E-state index contributed by atoms with van der Waals surface area (Å²) in [6.07, 6.45) is 2.77. The molecule has 0 N–H and O–H groups in total. The lowest BCUT2D eigenvalue weighted by atomic mass is 10.2. The van der Waals surface area contributed by atoms with Gasteiger partial charge < -0.3 is 9.64 Å². The van der Waals surface area contributed by atoms with E-state index in [0.717, 1.165) is 19.3 Å². The van der Waals surface area contributed by atoms with Crippen molar-refractivity contribution < 1.29 is 14.3 Å². The Labute approximate surface area is 110 Å². The van der Waals surface area contributed by atoms with E-state index >= 15 is 0 Å². The number of rotatable bonds is 5. The van der Waals surface area contributed by atoms with Crippen LogP contribution in [0.1, 0.15) is 53.9 Å². The molecule has 1 aliphatic rings. The van der Waals surface area contributed by atoms with Crippen LogP contribution in [0.3, 0.4) is 0 Å². The van der Waals surface area contributed by atoms with E-state index in [0.29, 0.717) is 0 Å². The number of carbonyl (C=O) groups is 2. The van der Waals surface area contributed by atoms with Crippen molar-refractivity contribution in [3.05, 3.63) is 0 Å². The molecule has 0 aliphatic heterocycles. The van der Waals surface area contributed by atoms with Crippen LogP contribution in [0.4, 0.5) is 0 Å².